The third-order valence-corrected chi connectivity index (χ3v) is 6.06. The van der Waals surface area contributed by atoms with Crippen molar-refractivity contribution in [3.8, 4) is 11.5 Å². The molecule has 160 valence electrons. The number of hydrogen-bond donors (Lipinski definition) is 1. The molecular formula is C23H20ClIN2O3S. The zero-order valence-electron chi connectivity index (χ0n) is 16.7. The first-order valence-electron chi connectivity index (χ1n) is 9.29. The van der Waals surface area contributed by atoms with E-state index in [4.69, 9.17) is 21.1 Å². The van der Waals surface area contributed by atoms with Crippen LogP contribution in [-0.2, 0) is 11.4 Å². The van der Waals surface area contributed by atoms with Gasteiger partial charge in [0.15, 0.2) is 11.5 Å². The van der Waals surface area contributed by atoms with Gasteiger partial charge < -0.3 is 9.47 Å². The number of methoxy groups -OCH3 is 1. The lowest BCUT2D eigenvalue weighted by molar-refractivity contribution is -0.118. The second-order valence-electron chi connectivity index (χ2n) is 6.36. The minimum Gasteiger partial charge on any atom is -0.493 e. The molecule has 3 rings (SSSR count). The quantitative estimate of drug-likeness (QED) is 0.155. The van der Waals surface area contributed by atoms with Gasteiger partial charge in [0, 0.05) is 13.5 Å². The highest BCUT2D eigenvalue weighted by Crippen LogP contribution is 2.28. The van der Waals surface area contributed by atoms with E-state index in [0.717, 1.165) is 16.0 Å². The SMILES string of the molecule is COc1cc(/C=N\NC(=O)CSc2ccc(Cl)cc2)ccc1OCc1ccc(I)cc1. The monoisotopic (exact) mass is 566 g/mol. The fourth-order valence-corrected chi connectivity index (χ4v) is 3.69. The largest absolute Gasteiger partial charge is 0.493 e. The molecule has 1 N–H and O–H groups in total. The topological polar surface area (TPSA) is 59.9 Å². The first-order valence-corrected chi connectivity index (χ1v) is 11.7. The van der Waals surface area contributed by atoms with Gasteiger partial charge in [-0.1, -0.05) is 23.7 Å². The highest BCUT2D eigenvalue weighted by atomic mass is 127. The molecule has 0 aromatic heterocycles. The third-order valence-electron chi connectivity index (χ3n) is 4.08. The van der Waals surface area contributed by atoms with Crippen LogP contribution >= 0.6 is 46.0 Å². The molecule has 0 unspecified atom stereocenters. The van der Waals surface area contributed by atoms with E-state index < -0.39 is 0 Å². The fourth-order valence-electron chi connectivity index (χ4n) is 2.52. The lowest BCUT2D eigenvalue weighted by Gasteiger charge is -2.11. The first-order chi connectivity index (χ1) is 15.0. The molecule has 0 fully saturated rings. The zero-order chi connectivity index (χ0) is 22.1. The van der Waals surface area contributed by atoms with E-state index in [-0.39, 0.29) is 11.7 Å². The standard InChI is InChI=1S/C23H20ClIN2O3S/c1-29-22-12-17(4-11-21(22)30-14-16-2-7-19(25)8-3-16)13-26-27-23(28)15-31-20-9-5-18(24)6-10-20/h2-13H,14-15H2,1H3,(H,27,28)/b26-13-. The van der Waals surface area contributed by atoms with Gasteiger partial charge in [-0.25, -0.2) is 5.43 Å². The number of benzene rings is 3. The Bertz CT molecular complexity index is 1040. The van der Waals surface area contributed by atoms with Gasteiger partial charge in [0.05, 0.1) is 19.1 Å². The molecule has 0 aliphatic heterocycles. The average molecular weight is 567 g/mol. The van der Waals surface area contributed by atoms with Crippen molar-refractivity contribution in [3.63, 3.8) is 0 Å². The van der Waals surface area contributed by atoms with E-state index in [1.807, 2.05) is 48.5 Å². The summed E-state index contributed by atoms with van der Waals surface area (Å²) in [5.74, 6) is 1.30. The predicted molar refractivity (Wildman–Crippen MR) is 134 cm³/mol. The lowest BCUT2D eigenvalue weighted by Crippen LogP contribution is -2.19. The maximum Gasteiger partial charge on any atom is 0.250 e. The molecule has 3 aromatic carbocycles. The molecule has 3 aromatic rings. The second kappa shape index (κ2) is 12.0. The molecule has 0 aliphatic rings. The highest BCUT2D eigenvalue weighted by Gasteiger charge is 2.06. The minimum absolute atomic E-state index is 0.194. The van der Waals surface area contributed by atoms with Crippen molar-refractivity contribution in [3.05, 3.63) is 86.4 Å². The first kappa shape index (κ1) is 23.4. The Balaban J connectivity index is 1.51. The molecule has 1 amide bonds. The number of carbonyl (C=O) groups is 1. The number of nitrogens with zero attached hydrogens (tertiary/aromatic N) is 1. The van der Waals surface area contributed by atoms with E-state index in [1.54, 1.807) is 31.5 Å². The predicted octanol–water partition coefficient (Wildman–Crippen LogP) is 5.77. The van der Waals surface area contributed by atoms with Crippen LogP contribution in [0.15, 0.2) is 76.7 Å². The molecule has 0 saturated carbocycles. The summed E-state index contributed by atoms with van der Waals surface area (Å²) in [4.78, 5) is 12.9. The highest BCUT2D eigenvalue weighted by molar-refractivity contribution is 14.1. The molecule has 0 spiro atoms. The molecule has 8 heteroatoms. The summed E-state index contributed by atoms with van der Waals surface area (Å²) in [7, 11) is 1.59. The average Bonchev–Trinajstić information content (AvgIpc) is 2.78. The smallest absolute Gasteiger partial charge is 0.250 e. The van der Waals surface area contributed by atoms with Crippen molar-refractivity contribution < 1.29 is 14.3 Å². The number of amides is 1. The van der Waals surface area contributed by atoms with Crippen molar-refractivity contribution in [2.45, 2.75) is 11.5 Å². The summed E-state index contributed by atoms with van der Waals surface area (Å²) >= 11 is 9.54. The van der Waals surface area contributed by atoms with Gasteiger partial charge in [0.2, 0.25) is 5.91 Å². The molecule has 0 bridgehead atoms. The Labute approximate surface area is 204 Å². The molecule has 0 heterocycles. The lowest BCUT2D eigenvalue weighted by atomic mass is 10.2. The Kier molecular flexibility index (Phi) is 9.05. The summed E-state index contributed by atoms with van der Waals surface area (Å²) < 4.78 is 12.5. The third kappa shape index (κ3) is 7.75. The molecule has 0 radical (unpaired) electrons. The summed E-state index contributed by atoms with van der Waals surface area (Å²) in [5, 5.41) is 4.69. The summed E-state index contributed by atoms with van der Waals surface area (Å²) in [6.45, 7) is 0.446. The van der Waals surface area contributed by atoms with Crippen LogP contribution in [0.5, 0.6) is 11.5 Å². The molecule has 0 atom stereocenters. The van der Waals surface area contributed by atoms with Crippen LogP contribution < -0.4 is 14.9 Å². The molecule has 5 nitrogen and oxygen atoms in total. The Morgan fingerprint density at radius 3 is 2.55 bits per heavy atom. The molecule has 0 saturated heterocycles. The van der Waals surface area contributed by atoms with E-state index >= 15 is 0 Å². The normalized spacial score (nSPS) is 10.8. The van der Waals surface area contributed by atoms with Gasteiger partial charge in [-0.05, 0) is 88.3 Å². The van der Waals surface area contributed by atoms with Crippen LogP contribution in [0.25, 0.3) is 0 Å². The summed E-state index contributed by atoms with van der Waals surface area (Å²) in [5.41, 5.74) is 4.38. The van der Waals surface area contributed by atoms with Crippen molar-refractivity contribution in [1.29, 1.82) is 0 Å². The fraction of sp³-hybridized carbons (Fsp3) is 0.130. The molecule has 0 aliphatic carbocycles. The van der Waals surface area contributed by atoms with Crippen LogP contribution in [-0.4, -0.2) is 25.0 Å². The molecular weight excluding hydrogens is 547 g/mol. The van der Waals surface area contributed by atoms with Crippen molar-refractivity contribution >= 4 is 58.1 Å². The van der Waals surface area contributed by atoms with Gasteiger partial charge in [-0.15, -0.1) is 11.8 Å². The summed E-state index contributed by atoms with van der Waals surface area (Å²) in [6, 6.07) is 21.0. The van der Waals surface area contributed by atoms with Crippen LogP contribution in [0, 0.1) is 3.57 Å². The van der Waals surface area contributed by atoms with Gasteiger partial charge in [0.1, 0.15) is 6.61 Å². The Morgan fingerprint density at radius 1 is 1.10 bits per heavy atom. The van der Waals surface area contributed by atoms with Crippen LogP contribution in [0.1, 0.15) is 11.1 Å². The van der Waals surface area contributed by atoms with E-state index in [1.165, 1.54) is 15.3 Å². The number of rotatable bonds is 9. The summed E-state index contributed by atoms with van der Waals surface area (Å²) in [6.07, 6.45) is 1.57. The van der Waals surface area contributed by atoms with Gasteiger partial charge >= 0.3 is 0 Å². The number of thioether (sulfide) groups is 1. The maximum atomic E-state index is 12.0. The van der Waals surface area contributed by atoms with E-state index in [9.17, 15) is 4.79 Å². The second-order valence-corrected chi connectivity index (χ2v) is 9.09. The van der Waals surface area contributed by atoms with Crippen molar-refractivity contribution in [1.82, 2.24) is 5.43 Å². The van der Waals surface area contributed by atoms with E-state index in [2.05, 4.69) is 33.1 Å². The van der Waals surface area contributed by atoms with Crippen LogP contribution in [0.3, 0.4) is 0 Å². The van der Waals surface area contributed by atoms with Gasteiger partial charge in [-0.2, -0.15) is 5.10 Å². The van der Waals surface area contributed by atoms with Crippen LogP contribution in [0.2, 0.25) is 5.02 Å². The van der Waals surface area contributed by atoms with Crippen molar-refractivity contribution in [2.75, 3.05) is 12.9 Å². The zero-order valence-corrected chi connectivity index (χ0v) is 20.4. The van der Waals surface area contributed by atoms with Crippen molar-refractivity contribution in [2.24, 2.45) is 5.10 Å². The maximum absolute atomic E-state index is 12.0. The Hall–Kier alpha value is -2.23. The number of ether oxygens (including phenoxy) is 2. The van der Waals surface area contributed by atoms with E-state index in [0.29, 0.717) is 23.1 Å². The van der Waals surface area contributed by atoms with Gasteiger partial charge in [-0.3, -0.25) is 4.79 Å². The number of halogens is 2. The number of nitrogens with one attached hydrogen (secondary N) is 1. The van der Waals surface area contributed by atoms with Crippen LogP contribution in [0.4, 0.5) is 0 Å². The number of hydrazone groups is 1. The molecule has 31 heavy (non-hydrogen) atoms. The Morgan fingerprint density at radius 2 is 1.84 bits per heavy atom. The number of carbonyl (C=O) groups excluding carboxylic acids is 1. The number of hydrogen-bond acceptors (Lipinski definition) is 5. The minimum atomic E-state index is -0.194. The van der Waals surface area contributed by atoms with Gasteiger partial charge in [0.25, 0.3) is 0 Å².